The molecule has 0 atom stereocenters. The van der Waals surface area contributed by atoms with Crippen LogP contribution in [0.4, 0.5) is 0 Å². The standard InChI is InChI=1S/C17H32O2/c1-3-5-6-7-8-9-10-11-12-13-14-15-17-19-18-16-4-2/h3,5-15,17H2,1-2H3. The Kier molecular flexibility index (Phi) is 16.7. The summed E-state index contributed by atoms with van der Waals surface area (Å²) in [6.45, 7) is 4.66. The molecule has 112 valence electrons. The second-order valence-electron chi connectivity index (χ2n) is 5.15. The van der Waals surface area contributed by atoms with Crippen molar-refractivity contribution in [2.75, 3.05) is 6.61 Å². The van der Waals surface area contributed by atoms with Gasteiger partial charge in [0.1, 0.15) is 0 Å². The summed E-state index contributed by atoms with van der Waals surface area (Å²) in [5.41, 5.74) is 0. The SMILES string of the molecule is CC#COOCCCCCCCCCCCCCC. The first kappa shape index (κ1) is 18.3. The predicted octanol–water partition coefficient (Wildman–Crippen LogP) is 5.62. The summed E-state index contributed by atoms with van der Waals surface area (Å²) in [4.78, 5) is 9.51. The first-order chi connectivity index (χ1) is 9.41. The molecule has 0 bridgehead atoms. The van der Waals surface area contributed by atoms with Crippen LogP contribution in [0, 0.1) is 12.0 Å². The summed E-state index contributed by atoms with van der Waals surface area (Å²) in [7, 11) is 0. The lowest BCUT2D eigenvalue weighted by molar-refractivity contribution is -0.236. The monoisotopic (exact) mass is 268 g/mol. The maximum atomic E-state index is 4.89. The van der Waals surface area contributed by atoms with Gasteiger partial charge in [-0.25, -0.2) is 0 Å². The summed E-state index contributed by atoms with van der Waals surface area (Å²) >= 11 is 0. The quantitative estimate of drug-likeness (QED) is 0.176. The van der Waals surface area contributed by atoms with Crippen molar-refractivity contribution < 1.29 is 9.78 Å². The molecule has 0 aromatic heterocycles. The molecule has 0 saturated carbocycles. The van der Waals surface area contributed by atoms with Gasteiger partial charge in [0.05, 0.1) is 6.61 Å². The van der Waals surface area contributed by atoms with Crippen molar-refractivity contribution >= 4 is 0 Å². The fourth-order valence-corrected chi connectivity index (χ4v) is 2.11. The molecule has 0 aliphatic carbocycles. The molecule has 19 heavy (non-hydrogen) atoms. The van der Waals surface area contributed by atoms with Gasteiger partial charge >= 0.3 is 0 Å². The summed E-state index contributed by atoms with van der Waals surface area (Å²) in [5.74, 6) is 2.62. The van der Waals surface area contributed by atoms with Gasteiger partial charge in [-0.3, -0.25) is 4.89 Å². The van der Waals surface area contributed by atoms with Crippen molar-refractivity contribution in [2.24, 2.45) is 0 Å². The zero-order valence-corrected chi connectivity index (χ0v) is 13.0. The molecule has 0 aliphatic heterocycles. The van der Waals surface area contributed by atoms with Crippen molar-refractivity contribution in [3.63, 3.8) is 0 Å². The predicted molar refractivity (Wildman–Crippen MR) is 81.6 cm³/mol. The molecule has 0 amide bonds. The highest BCUT2D eigenvalue weighted by molar-refractivity contribution is 4.83. The fourth-order valence-electron chi connectivity index (χ4n) is 2.11. The van der Waals surface area contributed by atoms with Gasteiger partial charge in [-0.1, -0.05) is 83.5 Å². The lowest BCUT2D eigenvalue weighted by Crippen LogP contribution is -1.92. The normalized spacial score (nSPS) is 10.0. The molecule has 0 radical (unpaired) electrons. The third-order valence-electron chi connectivity index (χ3n) is 3.28. The van der Waals surface area contributed by atoms with E-state index in [2.05, 4.69) is 23.8 Å². The highest BCUT2D eigenvalue weighted by atomic mass is 17.2. The largest absolute Gasteiger partial charge is 0.283 e. The van der Waals surface area contributed by atoms with E-state index in [0.29, 0.717) is 6.61 Å². The Hall–Kier alpha value is -0.680. The van der Waals surface area contributed by atoms with Gasteiger partial charge in [0.25, 0.3) is 0 Å². The van der Waals surface area contributed by atoms with Crippen molar-refractivity contribution in [3.05, 3.63) is 0 Å². The van der Waals surface area contributed by atoms with Gasteiger partial charge in [-0.05, 0) is 6.42 Å². The van der Waals surface area contributed by atoms with Gasteiger partial charge in [0.15, 0.2) is 6.11 Å². The van der Waals surface area contributed by atoms with Crippen LogP contribution in [0.5, 0.6) is 0 Å². The zero-order chi connectivity index (χ0) is 14.0. The number of hydrogen-bond donors (Lipinski definition) is 0. The van der Waals surface area contributed by atoms with E-state index in [9.17, 15) is 0 Å². The number of hydrogen-bond acceptors (Lipinski definition) is 2. The van der Waals surface area contributed by atoms with Crippen LogP contribution in [0.3, 0.4) is 0 Å². The summed E-state index contributed by atoms with van der Waals surface area (Å²) in [6, 6.07) is 0. The molecule has 2 nitrogen and oxygen atoms in total. The highest BCUT2D eigenvalue weighted by Crippen LogP contribution is 2.11. The second-order valence-corrected chi connectivity index (χ2v) is 5.15. The van der Waals surface area contributed by atoms with Gasteiger partial charge < -0.3 is 0 Å². The number of rotatable bonds is 14. The van der Waals surface area contributed by atoms with Gasteiger partial charge in [-0.2, -0.15) is 4.89 Å². The van der Waals surface area contributed by atoms with Crippen LogP contribution in [0.1, 0.15) is 90.9 Å². The molecule has 0 aliphatic rings. The van der Waals surface area contributed by atoms with E-state index in [4.69, 9.17) is 4.89 Å². The van der Waals surface area contributed by atoms with Crippen LogP contribution in [-0.4, -0.2) is 6.61 Å². The van der Waals surface area contributed by atoms with Crippen molar-refractivity contribution in [1.29, 1.82) is 0 Å². The Bertz CT molecular complexity index is 215. The molecule has 0 saturated heterocycles. The Balaban J connectivity index is 2.92. The van der Waals surface area contributed by atoms with Crippen LogP contribution >= 0.6 is 0 Å². The highest BCUT2D eigenvalue weighted by Gasteiger charge is 1.93. The number of unbranched alkanes of at least 4 members (excludes halogenated alkanes) is 11. The van der Waals surface area contributed by atoms with E-state index < -0.39 is 0 Å². The van der Waals surface area contributed by atoms with Gasteiger partial charge in [-0.15, -0.1) is 0 Å². The average Bonchev–Trinajstić information content (AvgIpc) is 2.43. The minimum absolute atomic E-state index is 0.659. The molecule has 0 heterocycles. The van der Waals surface area contributed by atoms with E-state index in [1.54, 1.807) is 6.92 Å². The summed E-state index contributed by atoms with van der Waals surface area (Å²) < 4.78 is 0. The first-order valence-corrected chi connectivity index (χ1v) is 8.12. The summed E-state index contributed by atoms with van der Waals surface area (Å²) in [5, 5.41) is 0. The van der Waals surface area contributed by atoms with Crippen molar-refractivity contribution in [3.8, 4) is 12.0 Å². The lowest BCUT2D eigenvalue weighted by atomic mass is 10.1. The van der Waals surface area contributed by atoms with Crippen molar-refractivity contribution in [2.45, 2.75) is 90.9 Å². The van der Waals surface area contributed by atoms with Gasteiger partial charge in [0.2, 0.25) is 0 Å². The van der Waals surface area contributed by atoms with E-state index >= 15 is 0 Å². The molecule has 0 fully saturated rings. The minimum atomic E-state index is 0.659. The third kappa shape index (κ3) is 17.3. The lowest BCUT2D eigenvalue weighted by Gasteiger charge is -2.02. The molecule has 2 heteroatoms. The van der Waals surface area contributed by atoms with Crippen LogP contribution in [0.2, 0.25) is 0 Å². The summed E-state index contributed by atoms with van der Waals surface area (Å²) in [6.07, 6.45) is 18.7. The maximum Gasteiger partial charge on any atom is 0.156 e. The van der Waals surface area contributed by atoms with E-state index in [1.807, 2.05) is 0 Å². The molecule has 0 rings (SSSR count). The molecule has 0 aromatic rings. The van der Waals surface area contributed by atoms with Crippen LogP contribution in [-0.2, 0) is 9.78 Å². The topological polar surface area (TPSA) is 18.5 Å². The van der Waals surface area contributed by atoms with E-state index in [-0.39, 0.29) is 0 Å². The Morgan fingerprint density at radius 2 is 1.16 bits per heavy atom. The van der Waals surface area contributed by atoms with Crippen LogP contribution in [0.25, 0.3) is 0 Å². The zero-order valence-electron chi connectivity index (χ0n) is 13.0. The van der Waals surface area contributed by atoms with E-state index in [1.165, 1.54) is 70.6 Å². The maximum absolute atomic E-state index is 4.89. The van der Waals surface area contributed by atoms with Gasteiger partial charge in [0, 0.05) is 6.92 Å². The smallest absolute Gasteiger partial charge is 0.156 e. The van der Waals surface area contributed by atoms with E-state index in [0.717, 1.165) is 6.42 Å². The molecule has 0 N–H and O–H groups in total. The molecule has 0 unspecified atom stereocenters. The first-order valence-electron chi connectivity index (χ1n) is 8.12. The fraction of sp³-hybridized carbons (Fsp3) is 0.882. The Morgan fingerprint density at radius 1 is 0.684 bits per heavy atom. The van der Waals surface area contributed by atoms with Crippen LogP contribution < -0.4 is 0 Å². The molecule has 0 spiro atoms. The molecular weight excluding hydrogens is 236 g/mol. The second kappa shape index (κ2) is 17.3. The average molecular weight is 268 g/mol. The van der Waals surface area contributed by atoms with Crippen molar-refractivity contribution in [1.82, 2.24) is 0 Å². The minimum Gasteiger partial charge on any atom is -0.283 e. The Labute approximate surface area is 120 Å². The molecular formula is C17H32O2. The third-order valence-corrected chi connectivity index (χ3v) is 3.28. The molecule has 0 aromatic carbocycles. The van der Waals surface area contributed by atoms with Crippen LogP contribution in [0.15, 0.2) is 0 Å². The Morgan fingerprint density at radius 3 is 1.63 bits per heavy atom.